The van der Waals surface area contributed by atoms with Crippen LogP contribution in [0, 0.1) is 0 Å². The van der Waals surface area contributed by atoms with Crippen molar-refractivity contribution in [3.63, 3.8) is 0 Å². The summed E-state index contributed by atoms with van der Waals surface area (Å²) < 4.78 is 42.7. The van der Waals surface area contributed by atoms with Gasteiger partial charge in [0.15, 0.2) is 0 Å². The number of anilines is 2. The zero-order valence-electron chi connectivity index (χ0n) is 9.67. The molecule has 0 saturated heterocycles. The van der Waals surface area contributed by atoms with Crippen LogP contribution in [0.4, 0.5) is 24.5 Å². The normalized spacial score (nSPS) is 11.1. The summed E-state index contributed by atoms with van der Waals surface area (Å²) in [6, 6.07) is 3.31. The van der Waals surface area contributed by atoms with Crippen LogP contribution in [0.15, 0.2) is 18.2 Å². The number of hydrogen-bond donors (Lipinski definition) is 2. The number of carbonyl (C=O) groups excluding carboxylic acids is 1. The van der Waals surface area contributed by atoms with Crippen LogP contribution in [-0.4, -0.2) is 19.1 Å². The van der Waals surface area contributed by atoms with Crippen molar-refractivity contribution in [2.45, 2.75) is 13.1 Å². The van der Waals surface area contributed by atoms with E-state index in [0.717, 1.165) is 6.07 Å². The third-order valence-corrected chi connectivity index (χ3v) is 2.08. The number of hydrogen-bond acceptors (Lipinski definition) is 4. The summed E-state index contributed by atoms with van der Waals surface area (Å²) in [5, 5.41) is 2.38. The average molecular weight is 262 g/mol. The maximum atomic E-state index is 12.7. The Morgan fingerprint density at radius 2 is 2.11 bits per heavy atom. The molecule has 0 aliphatic carbocycles. The summed E-state index contributed by atoms with van der Waals surface area (Å²) in [6.07, 6.45) is -4.54. The van der Waals surface area contributed by atoms with Crippen LogP contribution in [0.3, 0.4) is 0 Å². The number of ether oxygens (including phenoxy) is 1. The van der Waals surface area contributed by atoms with Gasteiger partial charge in [-0.2, -0.15) is 13.2 Å². The molecule has 0 aliphatic heterocycles. The first kappa shape index (κ1) is 14.1. The number of halogens is 3. The van der Waals surface area contributed by atoms with Crippen LogP contribution >= 0.6 is 0 Å². The van der Waals surface area contributed by atoms with E-state index in [1.54, 1.807) is 6.92 Å². The zero-order valence-corrected chi connectivity index (χ0v) is 9.67. The van der Waals surface area contributed by atoms with E-state index in [1.165, 1.54) is 12.1 Å². The highest BCUT2D eigenvalue weighted by molar-refractivity contribution is 5.75. The number of esters is 1. The molecule has 100 valence electrons. The fourth-order valence-corrected chi connectivity index (χ4v) is 1.33. The van der Waals surface area contributed by atoms with Crippen LogP contribution in [0.25, 0.3) is 0 Å². The molecule has 0 aliphatic rings. The third kappa shape index (κ3) is 3.83. The SMILES string of the molecule is CCOC(=O)CNc1ccc(N)cc1C(F)(F)F. The van der Waals surface area contributed by atoms with E-state index in [-0.39, 0.29) is 24.5 Å². The maximum Gasteiger partial charge on any atom is 0.418 e. The van der Waals surface area contributed by atoms with Gasteiger partial charge in [-0.1, -0.05) is 0 Å². The summed E-state index contributed by atoms with van der Waals surface area (Å²) in [7, 11) is 0. The standard InChI is InChI=1S/C11H13F3N2O2/c1-2-18-10(17)6-16-9-4-3-7(15)5-8(9)11(12,13)14/h3-5,16H,2,6,15H2,1H3. The Labute approximate surface area is 102 Å². The van der Waals surface area contributed by atoms with E-state index >= 15 is 0 Å². The van der Waals surface area contributed by atoms with Gasteiger partial charge in [-0.3, -0.25) is 4.79 Å². The van der Waals surface area contributed by atoms with Gasteiger partial charge in [0.25, 0.3) is 0 Å². The molecule has 0 atom stereocenters. The molecule has 0 unspecified atom stereocenters. The lowest BCUT2D eigenvalue weighted by Gasteiger charge is -2.14. The summed E-state index contributed by atoms with van der Waals surface area (Å²) >= 11 is 0. The Balaban J connectivity index is 2.85. The predicted octanol–water partition coefficient (Wildman–Crippen LogP) is 2.26. The summed E-state index contributed by atoms with van der Waals surface area (Å²) in [6.45, 7) is 1.46. The summed E-state index contributed by atoms with van der Waals surface area (Å²) in [5.41, 5.74) is 4.20. The van der Waals surface area contributed by atoms with Gasteiger partial charge in [-0.05, 0) is 25.1 Å². The number of benzene rings is 1. The first-order valence-electron chi connectivity index (χ1n) is 5.20. The van der Waals surface area contributed by atoms with Gasteiger partial charge in [-0.15, -0.1) is 0 Å². The molecular weight excluding hydrogens is 249 g/mol. The fourth-order valence-electron chi connectivity index (χ4n) is 1.33. The van der Waals surface area contributed by atoms with Crippen molar-refractivity contribution in [2.24, 2.45) is 0 Å². The number of nitrogens with one attached hydrogen (secondary N) is 1. The second kappa shape index (κ2) is 5.61. The van der Waals surface area contributed by atoms with Gasteiger partial charge >= 0.3 is 12.1 Å². The molecule has 0 fully saturated rings. The van der Waals surface area contributed by atoms with E-state index in [0.29, 0.717) is 0 Å². The molecule has 1 aromatic rings. The molecule has 0 saturated carbocycles. The molecule has 0 radical (unpaired) electrons. The second-order valence-electron chi connectivity index (χ2n) is 3.46. The molecule has 0 spiro atoms. The minimum Gasteiger partial charge on any atom is -0.465 e. The molecule has 0 amide bonds. The van der Waals surface area contributed by atoms with Gasteiger partial charge in [0.1, 0.15) is 6.54 Å². The van der Waals surface area contributed by atoms with E-state index in [9.17, 15) is 18.0 Å². The summed E-state index contributed by atoms with van der Waals surface area (Å²) in [4.78, 5) is 11.1. The van der Waals surface area contributed by atoms with Crippen molar-refractivity contribution in [1.29, 1.82) is 0 Å². The first-order valence-corrected chi connectivity index (χ1v) is 5.20. The number of nitrogens with two attached hydrogens (primary N) is 1. The topological polar surface area (TPSA) is 64.3 Å². The van der Waals surface area contributed by atoms with Crippen molar-refractivity contribution in [3.05, 3.63) is 23.8 Å². The minimum atomic E-state index is -4.54. The Morgan fingerprint density at radius 3 is 2.67 bits per heavy atom. The molecule has 3 N–H and O–H groups in total. The van der Waals surface area contributed by atoms with E-state index < -0.39 is 17.7 Å². The number of carbonyl (C=O) groups is 1. The molecule has 0 bridgehead atoms. The van der Waals surface area contributed by atoms with Gasteiger partial charge in [0, 0.05) is 11.4 Å². The van der Waals surface area contributed by atoms with Gasteiger partial charge in [-0.25, -0.2) is 0 Å². The predicted molar refractivity (Wildman–Crippen MR) is 61.0 cm³/mol. The van der Waals surface area contributed by atoms with Gasteiger partial charge in [0.2, 0.25) is 0 Å². The van der Waals surface area contributed by atoms with Crippen molar-refractivity contribution in [1.82, 2.24) is 0 Å². The van der Waals surface area contributed by atoms with Gasteiger partial charge < -0.3 is 15.8 Å². The molecule has 1 aromatic carbocycles. The van der Waals surface area contributed by atoms with Crippen molar-refractivity contribution >= 4 is 17.3 Å². The summed E-state index contributed by atoms with van der Waals surface area (Å²) in [5.74, 6) is -0.623. The molecule has 18 heavy (non-hydrogen) atoms. The van der Waals surface area contributed by atoms with E-state index in [1.807, 2.05) is 0 Å². The smallest absolute Gasteiger partial charge is 0.418 e. The Morgan fingerprint density at radius 1 is 1.44 bits per heavy atom. The molecule has 0 heterocycles. The maximum absolute atomic E-state index is 12.7. The van der Waals surface area contributed by atoms with Crippen LogP contribution in [0.2, 0.25) is 0 Å². The monoisotopic (exact) mass is 262 g/mol. The van der Waals surface area contributed by atoms with Crippen molar-refractivity contribution in [3.8, 4) is 0 Å². The second-order valence-corrected chi connectivity index (χ2v) is 3.46. The number of rotatable bonds is 4. The van der Waals surface area contributed by atoms with Crippen LogP contribution in [-0.2, 0) is 15.7 Å². The van der Waals surface area contributed by atoms with E-state index in [2.05, 4.69) is 10.1 Å². The highest BCUT2D eigenvalue weighted by atomic mass is 19.4. The lowest BCUT2D eigenvalue weighted by Crippen LogP contribution is -2.19. The number of nitrogen functional groups attached to an aromatic ring is 1. The minimum absolute atomic E-state index is 0.00371. The van der Waals surface area contributed by atoms with Crippen LogP contribution in [0.1, 0.15) is 12.5 Å². The molecule has 4 nitrogen and oxygen atoms in total. The molecule has 0 aromatic heterocycles. The van der Waals surface area contributed by atoms with Crippen molar-refractivity contribution < 1.29 is 22.7 Å². The highest BCUT2D eigenvalue weighted by Crippen LogP contribution is 2.35. The molecular formula is C11H13F3N2O2. The third-order valence-electron chi connectivity index (χ3n) is 2.08. The number of alkyl halides is 3. The Bertz CT molecular complexity index is 433. The molecule has 7 heteroatoms. The largest absolute Gasteiger partial charge is 0.465 e. The van der Waals surface area contributed by atoms with E-state index in [4.69, 9.17) is 5.73 Å². The fraction of sp³-hybridized carbons (Fsp3) is 0.364. The average Bonchev–Trinajstić information content (AvgIpc) is 2.26. The Hall–Kier alpha value is -1.92. The quantitative estimate of drug-likeness (QED) is 0.645. The highest BCUT2D eigenvalue weighted by Gasteiger charge is 2.33. The van der Waals surface area contributed by atoms with Crippen LogP contribution in [0.5, 0.6) is 0 Å². The van der Waals surface area contributed by atoms with Crippen molar-refractivity contribution in [2.75, 3.05) is 24.2 Å². The Kier molecular flexibility index (Phi) is 4.41. The zero-order chi connectivity index (χ0) is 13.8. The lowest BCUT2D eigenvalue weighted by molar-refractivity contribution is -0.141. The lowest BCUT2D eigenvalue weighted by atomic mass is 10.1. The molecule has 1 rings (SSSR count). The van der Waals surface area contributed by atoms with Crippen LogP contribution < -0.4 is 11.1 Å². The first-order chi connectivity index (χ1) is 8.34. The van der Waals surface area contributed by atoms with Gasteiger partial charge in [0.05, 0.1) is 12.2 Å².